The Morgan fingerprint density at radius 2 is 2.00 bits per heavy atom. The van der Waals surface area contributed by atoms with Gasteiger partial charge in [0.15, 0.2) is 6.10 Å². The fourth-order valence-electron chi connectivity index (χ4n) is 2.23. The van der Waals surface area contributed by atoms with Crippen molar-refractivity contribution < 1.29 is 24.1 Å². The Balaban J connectivity index is 3.27. The summed E-state index contributed by atoms with van der Waals surface area (Å²) in [6.07, 6.45) is -1.05. The molecule has 0 bridgehead atoms. The van der Waals surface area contributed by atoms with Crippen molar-refractivity contribution in [3.8, 4) is 5.75 Å². The molecule has 0 spiro atoms. The molecule has 0 heterocycles. The van der Waals surface area contributed by atoms with Gasteiger partial charge in [-0.3, -0.25) is 0 Å². The zero-order valence-corrected chi connectivity index (χ0v) is 14.3. The van der Waals surface area contributed by atoms with Crippen molar-refractivity contribution in [2.75, 3.05) is 20.5 Å². The van der Waals surface area contributed by atoms with Gasteiger partial charge in [-0.2, -0.15) is 0 Å². The third kappa shape index (κ3) is 4.55. The van der Waals surface area contributed by atoms with Crippen LogP contribution in [0.2, 0.25) is 19.6 Å². The van der Waals surface area contributed by atoms with Gasteiger partial charge in [-0.15, -0.1) is 0 Å². The summed E-state index contributed by atoms with van der Waals surface area (Å²) in [5.41, 5.74) is 0.653. The molecule has 0 saturated heterocycles. The molecule has 1 atom stereocenters. The van der Waals surface area contributed by atoms with E-state index in [0.29, 0.717) is 12.2 Å². The van der Waals surface area contributed by atoms with E-state index in [1.807, 2.05) is 13.0 Å². The first-order valence-corrected chi connectivity index (χ1v) is 10.4. The number of hydrogen-bond acceptors (Lipinski definition) is 4. The van der Waals surface area contributed by atoms with Gasteiger partial charge in [-0.05, 0) is 23.7 Å². The number of hydrogen-bond donors (Lipinski definition) is 1. The first-order chi connectivity index (χ1) is 9.82. The molecule has 21 heavy (non-hydrogen) atoms. The number of methoxy groups -OCH3 is 1. The highest BCUT2D eigenvalue weighted by Gasteiger charge is 2.31. The lowest BCUT2D eigenvalue weighted by atomic mass is 10.1. The van der Waals surface area contributed by atoms with E-state index in [4.69, 9.17) is 14.2 Å². The predicted molar refractivity (Wildman–Crippen MR) is 83.9 cm³/mol. The largest absolute Gasteiger partial charge is 0.497 e. The lowest BCUT2D eigenvalue weighted by Gasteiger charge is -2.26. The summed E-state index contributed by atoms with van der Waals surface area (Å²) < 4.78 is 15.9. The number of carboxylic acids is 1. The van der Waals surface area contributed by atoms with E-state index >= 15 is 0 Å². The molecule has 0 aliphatic heterocycles. The topological polar surface area (TPSA) is 65.0 Å². The van der Waals surface area contributed by atoms with E-state index in [1.165, 1.54) is 0 Å². The predicted octanol–water partition coefficient (Wildman–Crippen LogP) is 2.38. The molecule has 1 aromatic rings. The Labute approximate surface area is 126 Å². The van der Waals surface area contributed by atoms with Crippen LogP contribution in [0.1, 0.15) is 18.6 Å². The van der Waals surface area contributed by atoms with Crippen LogP contribution in [-0.4, -0.2) is 39.7 Å². The Bertz CT molecular complexity index is 481. The molecule has 0 radical (unpaired) electrons. The number of ether oxygens (including phenoxy) is 3. The molecular formula is C15H24O5Si. The Kier molecular flexibility index (Phi) is 6.38. The zero-order chi connectivity index (χ0) is 16.0. The molecule has 6 heteroatoms. The normalized spacial score (nSPS) is 13.0. The number of carboxylic acid groups (broad SMARTS) is 1. The van der Waals surface area contributed by atoms with Gasteiger partial charge in [0.2, 0.25) is 0 Å². The molecule has 0 aromatic heterocycles. The second kappa shape index (κ2) is 7.58. The third-order valence-electron chi connectivity index (χ3n) is 3.06. The summed E-state index contributed by atoms with van der Waals surface area (Å²) in [7, 11) is -0.212. The van der Waals surface area contributed by atoms with E-state index in [1.54, 1.807) is 19.2 Å². The van der Waals surface area contributed by atoms with Crippen molar-refractivity contribution in [2.24, 2.45) is 0 Å². The highest BCUT2D eigenvalue weighted by Crippen LogP contribution is 2.24. The Hall–Kier alpha value is -1.37. The summed E-state index contributed by atoms with van der Waals surface area (Å²) in [5, 5.41) is 10.4. The number of rotatable bonds is 8. The number of benzene rings is 1. The maximum atomic E-state index is 11.6. The molecule has 0 amide bonds. The summed E-state index contributed by atoms with van der Waals surface area (Å²) in [6, 6.07) is 5.44. The van der Waals surface area contributed by atoms with Crippen LogP contribution in [0.25, 0.3) is 0 Å². The van der Waals surface area contributed by atoms with Crippen LogP contribution in [0.4, 0.5) is 0 Å². The minimum Gasteiger partial charge on any atom is -0.497 e. The monoisotopic (exact) mass is 312 g/mol. The second-order valence-electron chi connectivity index (χ2n) is 5.67. The molecule has 0 saturated carbocycles. The first kappa shape index (κ1) is 17.7. The second-order valence-corrected chi connectivity index (χ2v) is 10.7. The maximum absolute atomic E-state index is 11.6. The molecule has 0 aliphatic rings. The summed E-state index contributed by atoms with van der Waals surface area (Å²) in [5.74, 6) is -0.305. The van der Waals surface area contributed by atoms with Gasteiger partial charge in [0, 0.05) is 6.61 Å². The average molecular weight is 312 g/mol. The van der Waals surface area contributed by atoms with E-state index in [2.05, 4.69) is 19.6 Å². The standard InChI is InChI=1S/C15H24O5Si/c1-6-19-10-20-13(15(16)17)11-8-7-9-12(18-2)14(11)21(3,4)5/h7-9,13H,6,10H2,1-5H3,(H,16,17). The van der Waals surface area contributed by atoms with Gasteiger partial charge in [0.25, 0.3) is 0 Å². The van der Waals surface area contributed by atoms with E-state index in [0.717, 1.165) is 10.9 Å². The van der Waals surface area contributed by atoms with Crippen LogP contribution in [0.15, 0.2) is 18.2 Å². The number of aliphatic carboxylic acids is 1. The van der Waals surface area contributed by atoms with Crippen molar-refractivity contribution in [3.63, 3.8) is 0 Å². The molecule has 1 N–H and O–H groups in total. The number of carbonyl (C=O) groups is 1. The fourth-order valence-corrected chi connectivity index (χ4v) is 4.24. The Morgan fingerprint density at radius 3 is 2.48 bits per heavy atom. The van der Waals surface area contributed by atoms with Crippen molar-refractivity contribution in [1.82, 2.24) is 0 Å². The van der Waals surface area contributed by atoms with Crippen molar-refractivity contribution in [1.29, 1.82) is 0 Å². The zero-order valence-electron chi connectivity index (χ0n) is 13.3. The summed E-state index contributed by atoms with van der Waals surface area (Å²) in [4.78, 5) is 11.6. The molecule has 5 nitrogen and oxygen atoms in total. The quantitative estimate of drug-likeness (QED) is 0.453. The highest BCUT2D eigenvalue weighted by molar-refractivity contribution is 6.89. The van der Waals surface area contributed by atoms with Gasteiger partial charge in [0.05, 0.1) is 15.2 Å². The minimum atomic E-state index is -1.81. The Morgan fingerprint density at radius 1 is 1.33 bits per heavy atom. The summed E-state index contributed by atoms with van der Waals surface area (Å²) >= 11 is 0. The van der Waals surface area contributed by atoms with Gasteiger partial charge in [0.1, 0.15) is 12.5 Å². The van der Waals surface area contributed by atoms with Gasteiger partial charge in [-0.25, -0.2) is 4.79 Å². The third-order valence-corrected chi connectivity index (χ3v) is 5.09. The lowest BCUT2D eigenvalue weighted by molar-refractivity contribution is -0.161. The van der Waals surface area contributed by atoms with Crippen LogP contribution >= 0.6 is 0 Å². The smallest absolute Gasteiger partial charge is 0.337 e. The fraction of sp³-hybridized carbons (Fsp3) is 0.533. The minimum absolute atomic E-state index is 0.0458. The lowest BCUT2D eigenvalue weighted by Crippen LogP contribution is -2.43. The van der Waals surface area contributed by atoms with Crippen LogP contribution in [0.5, 0.6) is 5.75 Å². The summed E-state index contributed by atoms with van der Waals surface area (Å²) in [6.45, 7) is 8.71. The molecule has 1 unspecified atom stereocenters. The van der Waals surface area contributed by atoms with Crippen molar-refractivity contribution in [3.05, 3.63) is 23.8 Å². The van der Waals surface area contributed by atoms with Crippen molar-refractivity contribution >= 4 is 19.2 Å². The van der Waals surface area contributed by atoms with Crippen LogP contribution < -0.4 is 9.92 Å². The maximum Gasteiger partial charge on any atom is 0.337 e. The van der Waals surface area contributed by atoms with E-state index in [9.17, 15) is 9.90 Å². The first-order valence-electron chi connectivity index (χ1n) is 6.92. The molecule has 0 fully saturated rings. The van der Waals surface area contributed by atoms with Crippen molar-refractivity contribution in [2.45, 2.75) is 32.7 Å². The van der Waals surface area contributed by atoms with Gasteiger partial charge in [-0.1, -0.05) is 31.8 Å². The van der Waals surface area contributed by atoms with E-state index < -0.39 is 20.1 Å². The SMILES string of the molecule is CCOCOC(C(=O)O)c1cccc(OC)c1[Si](C)(C)C. The highest BCUT2D eigenvalue weighted by atomic mass is 28.3. The molecule has 118 valence electrons. The van der Waals surface area contributed by atoms with Crippen LogP contribution in [0.3, 0.4) is 0 Å². The molecule has 1 aromatic carbocycles. The van der Waals surface area contributed by atoms with E-state index in [-0.39, 0.29) is 6.79 Å². The molecule has 0 aliphatic carbocycles. The van der Waals surface area contributed by atoms with Crippen LogP contribution in [-0.2, 0) is 14.3 Å². The average Bonchev–Trinajstić information content (AvgIpc) is 2.41. The van der Waals surface area contributed by atoms with Gasteiger partial charge >= 0.3 is 5.97 Å². The van der Waals surface area contributed by atoms with Crippen LogP contribution in [0, 0.1) is 0 Å². The molecule has 1 rings (SSSR count). The van der Waals surface area contributed by atoms with Gasteiger partial charge < -0.3 is 19.3 Å². The molecular weight excluding hydrogens is 288 g/mol.